The van der Waals surface area contributed by atoms with Crippen LogP contribution in [0.2, 0.25) is 0 Å². The molecule has 1 unspecified atom stereocenters. The maximum absolute atomic E-state index is 13.0. The smallest absolute Gasteiger partial charge is 0.296 e. The summed E-state index contributed by atoms with van der Waals surface area (Å²) < 4.78 is 11.4. The average molecular weight is 468 g/mol. The first-order valence-electron chi connectivity index (χ1n) is 9.20. The zero-order valence-electron chi connectivity index (χ0n) is 16.0. The second-order valence-corrected chi connectivity index (χ2v) is 7.70. The number of likely N-dealkylation sites (tertiary alicyclic amines) is 1. The third-order valence-corrected chi connectivity index (χ3v) is 5.52. The number of nitrogens with zero attached hydrogens (tertiary/aromatic N) is 1. The van der Waals surface area contributed by atoms with Gasteiger partial charge < -0.3 is 19.2 Å². The Morgan fingerprint density at radius 3 is 2.40 bits per heavy atom. The van der Waals surface area contributed by atoms with Crippen LogP contribution in [-0.2, 0) is 16.1 Å². The lowest BCUT2D eigenvalue weighted by Crippen LogP contribution is -2.29. The van der Waals surface area contributed by atoms with Crippen molar-refractivity contribution < 1.29 is 23.8 Å². The molecule has 0 radical (unpaired) electrons. The SMILES string of the molecule is COc1ccc(C2/C(=C(/O)c3ccc(Br)cc3)C(=O)C(=O)N2Cc2ccco2)cc1. The number of amides is 1. The molecule has 1 saturated heterocycles. The molecule has 7 heteroatoms. The van der Waals surface area contributed by atoms with Crippen LogP contribution in [0, 0.1) is 0 Å². The number of carbonyl (C=O) groups excluding carboxylic acids is 2. The molecule has 1 amide bonds. The van der Waals surface area contributed by atoms with Crippen LogP contribution in [0.3, 0.4) is 0 Å². The summed E-state index contributed by atoms with van der Waals surface area (Å²) in [5.41, 5.74) is 1.17. The lowest BCUT2D eigenvalue weighted by atomic mass is 9.95. The minimum atomic E-state index is -0.760. The molecule has 6 nitrogen and oxygen atoms in total. The molecule has 1 aliphatic rings. The molecule has 1 aromatic heterocycles. The zero-order chi connectivity index (χ0) is 21.3. The number of carbonyl (C=O) groups is 2. The van der Waals surface area contributed by atoms with Gasteiger partial charge in [0.15, 0.2) is 0 Å². The molecule has 1 atom stereocenters. The van der Waals surface area contributed by atoms with Crippen molar-refractivity contribution in [1.29, 1.82) is 0 Å². The summed E-state index contributed by atoms with van der Waals surface area (Å²) in [6.07, 6.45) is 1.51. The van der Waals surface area contributed by atoms with E-state index in [0.29, 0.717) is 22.6 Å². The molecule has 0 saturated carbocycles. The molecule has 0 bridgehead atoms. The molecule has 30 heavy (non-hydrogen) atoms. The van der Waals surface area contributed by atoms with E-state index < -0.39 is 17.7 Å². The fraction of sp³-hybridized carbons (Fsp3) is 0.130. The Morgan fingerprint density at radius 2 is 1.80 bits per heavy atom. The van der Waals surface area contributed by atoms with Crippen molar-refractivity contribution in [1.82, 2.24) is 4.90 Å². The summed E-state index contributed by atoms with van der Waals surface area (Å²) in [5, 5.41) is 11.0. The first-order chi connectivity index (χ1) is 14.5. The van der Waals surface area contributed by atoms with Crippen LogP contribution in [0.1, 0.15) is 22.9 Å². The highest BCUT2D eigenvalue weighted by Gasteiger charge is 2.46. The van der Waals surface area contributed by atoms with Crippen molar-refractivity contribution >= 4 is 33.4 Å². The molecule has 1 N–H and O–H groups in total. The van der Waals surface area contributed by atoms with Crippen molar-refractivity contribution in [3.05, 3.63) is 93.9 Å². The van der Waals surface area contributed by atoms with E-state index in [1.54, 1.807) is 67.8 Å². The third kappa shape index (κ3) is 3.64. The van der Waals surface area contributed by atoms with E-state index >= 15 is 0 Å². The van der Waals surface area contributed by atoms with Crippen LogP contribution >= 0.6 is 15.9 Å². The van der Waals surface area contributed by atoms with Gasteiger partial charge in [-0.25, -0.2) is 0 Å². The van der Waals surface area contributed by atoms with Gasteiger partial charge in [0.05, 0.1) is 31.5 Å². The number of benzene rings is 2. The molecule has 152 valence electrons. The molecule has 2 heterocycles. The quantitative estimate of drug-likeness (QED) is 0.335. The predicted molar refractivity (Wildman–Crippen MR) is 114 cm³/mol. The van der Waals surface area contributed by atoms with Crippen molar-refractivity contribution in [3.8, 4) is 5.75 Å². The molecular weight excluding hydrogens is 450 g/mol. The summed E-state index contributed by atoms with van der Waals surface area (Å²) in [6.45, 7) is 0.103. The van der Waals surface area contributed by atoms with Gasteiger partial charge in [-0.2, -0.15) is 0 Å². The van der Waals surface area contributed by atoms with Crippen LogP contribution in [0.4, 0.5) is 0 Å². The Hall–Kier alpha value is -3.32. The topological polar surface area (TPSA) is 80.0 Å². The molecule has 3 aromatic rings. The maximum Gasteiger partial charge on any atom is 0.296 e. The zero-order valence-corrected chi connectivity index (χ0v) is 17.6. The largest absolute Gasteiger partial charge is 0.507 e. The van der Waals surface area contributed by atoms with Gasteiger partial charge in [-0.3, -0.25) is 9.59 Å². The summed E-state index contributed by atoms with van der Waals surface area (Å²) in [7, 11) is 1.56. The van der Waals surface area contributed by atoms with E-state index in [4.69, 9.17) is 9.15 Å². The summed E-state index contributed by atoms with van der Waals surface area (Å²) >= 11 is 3.36. The van der Waals surface area contributed by atoms with Crippen molar-refractivity contribution in [2.45, 2.75) is 12.6 Å². The molecule has 0 aliphatic carbocycles. The number of methoxy groups -OCH3 is 1. The Kier molecular flexibility index (Phi) is 5.46. The summed E-state index contributed by atoms with van der Waals surface area (Å²) in [5.74, 6) is -0.453. The van der Waals surface area contributed by atoms with E-state index in [9.17, 15) is 14.7 Å². The standard InChI is InChI=1S/C23H18BrNO5/c1-29-17-10-6-14(7-11-17)20-19(21(26)15-4-8-16(24)9-5-15)22(27)23(28)25(20)13-18-3-2-12-30-18/h2-12,20,26H,13H2,1H3/b21-19-. The third-order valence-electron chi connectivity index (χ3n) is 5.00. The van der Waals surface area contributed by atoms with E-state index in [0.717, 1.165) is 4.47 Å². The van der Waals surface area contributed by atoms with E-state index in [-0.39, 0.29) is 17.9 Å². The van der Waals surface area contributed by atoms with Crippen molar-refractivity contribution in [3.63, 3.8) is 0 Å². The van der Waals surface area contributed by atoms with Gasteiger partial charge in [-0.1, -0.05) is 40.2 Å². The number of ketones is 1. The fourth-order valence-corrected chi connectivity index (χ4v) is 3.77. The highest BCUT2D eigenvalue weighted by Crippen LogP contribution is 2.40. The van der Waals surface area contributed by atoms with Crippen LogP contribution in [0.5, 0.6) is 5.75 Å². The van der Waals surface area contributed by atoms with Crippen LogP contribution in [-0.4, -0.2) is 28.8 Å². The highest BCUT2D eigenvalue weighted by atomic mass is 79.9. The number of ether oxygens (including phenoxy) is 1. The lowest BCUT2D eigenvalue weighted by molar-refractivity contribution is -0.140. The number of halogens is 1. The number of aliphatic hydroxyl groups excluding tert-OH is 1. The van der Waals surface area contributed by atoms with E-state index in [1.165, 1.54) is 11.2 Å². The van der Waals surface area contributed by atoms with Gasteiger partial charge in [-0.05, 0) is 42.0 Å². The van der Waals surface area contributed by atoms with Gasteiger partial charge in [0, 0.05) is 10.0 Å². The van der Waals surface area contributed by atoms with Gasteiger partial charge in [0.25, 0.3) is 11.7 Å². The normalized spacial score (nSPS) is 18.1. The van der Waals surface area contributed by atoms with Gasteiger partial charge in [0.2, 0.25) is 0 Å². The first-order valence-corrected chi connectivity index (χ1v) is 9.99. The molecule has 1 aliphatic heterocycles. The Balaban J connectivity index is 1.85. The minimum absolute atomic E-state index is 0.0408. The minimum Gasteiger partial charge on any atom is -0.507 e. The maximum atomic E-state index is 13.0. The fourth-order valence-electron chi connectivity index (χ4n) is 3.51. The van der Waals surface area contributed by atoms with Crippen LogP contribution < -0.4 is 4.74 Å². The van der Waals surface area contributed by atoms with E-state index in [1.807, 2.05) is 0 Å². The summed E-state index contributed by atoms with van der Waals surface area (Å²) in [6, 6.07) is 16.6. The number of furan rings is 1. The molecular formula is C23H18BrNO5. The number of hydrogen-bond acceptors (Lipinski definition) is 5. The molecule has 1 fully saturated rings. The van der Waals surface area contributed by atoms with Gasteiger partial charge in [0.1, 0.15) is 17.3 Å². The van der Waals surface area contributed by atoms with Crippen LogP contribution in [0.15, 0.2) is 81.4 Å². The van der Waals surface area contributed by atoms with E-state index in [2.05, 4.69) is 15.9 Å². The number of Topliss-reactive ketones (excluding diaryl/α,β-unsaturated/α-hetero) is 1. The Labute approximate surface area is 181 Å². The Bertz CT molecular complexity index is 1100. The van der Waals surface area contributed by atoms with Gasteiger partial charge in [-0.15, -0.1) is 0 Å². The predicted octanol–water partition coefficient (Wildman–Crippen LogP) is 4.67. The second-order valence-electron chi connectivity index (χ2n) is 6.79. The first kappa shape index (κ1) is 20.0. The van der Waals surface area contributed by atoms with Crippen LogP contribution in [0.25, 0.3) is 5.76 Å². The highest BCUT2D eigenvalue weighted by molar-refractivity contribution is 9.10. The molecule has 4 rings (SSSR count). The molecule has 0 spiro atoms. The number of rotatable bonds is 5. The monoisotopic (exact) mass is 467 g/mol. The Morgan fingerprint density at radius 1 is 1.10 bits per heavy atom. The summed E-state index contributed by atoms with van der Waals surface area (Å²) in [4.78, 5) is 27.3. The number of hydrogen-bond donors (Lipinski definition) is 1. The average Bonchev–Trinajstić information content (AvgIpc) is 3.36. The lowest BCUT2D eigenvalue weighted by Gasteiger charge is -2.24. The molecule has 2 aromatic carbocycles. The van der Waals surface area contributed by atoms with Crippen molar-refractivity contribution in [2.24, 2.45) is 0 Å². The van der Waals surface area contributed by atoms with Crippen molar-refractivity contribution in [2.75, 3.05) is 7.11 Å². The number of aliphatic hydroxyl groups is 1. The van der Waals surface area contributed by atoms with Gasteiger partial charge >= 0.3 is 0 Å². The second kappa shape index (κ2) is 8.20.